The van der Waals surface area contributed by atoms with Crippen molar-refractivity contribution in [2.45, 2.75) is 59.4 Å². The van der Waals surface area contributed by atoms with Gasteiger partial charge in [0.2, 0.25) is 5.91 Å². The van der Waals surface area contributed by atoms with Crippen molar-refractivity contribution < 1.29 is 14.7 Å². The number of carboxylic acid groups (broad SMARTS) is 1. The molecular weight excluding hydrogens is 478 g/mol. The van der Waals surface area contributed by atoms with Crippen molar-refractivity contribution in [1.29, 1.82) is 0 Å². The SMILES string of the molecule is Cc1c([C@H](c2ccc3c(c2)[C@@H](N2CC(=O)N(C)CC(C)(C)C2)CC3)C(C)(C)C(=O)O)ccc2c1nnn2C. The lowest BCUT2D eigenvalue weighted by Crippen LogP contribution is -2.37. The van der Waals surface area contributed by atoms with Crippen LogP contribution in [0.4, 0.5) is 0 Å². The van der Waals surface area contributed by atoms with Crippen molar-refractivity contribution in [2.75, 3.05) is 26.7 Å². The van der Waals surface area contributed by atoms with Gasteiger partial charge < -0.3 is 10.0 Å². The fourth-order valence-electron chi connectivity index (χ4n) is 6.73. The largest absolute Gasteiger partial charge is 0.481 e. The van der Waals surface area contributed by atoms with Gasteiger partial charge in [-0.25, -0.2) is 4.68 Å². The lowest BCUT2D eigenvalue weighted by molar-refractivity contribution is -0.147. The zero-order chi connectivity index (χ0) is 27.6. The molecule has 2 aliphatic rings. The molecule has 1 aliphatic heterocycles. The molecule has 5 rings (SSSR count). The fraction of sp³-hybridized carbons (Fsp3) is 0.533. The van der Waals surface area contributed by atoms with Gasteiger partial charge in [-0.05, 0) is 72.9 Å². The summed E-state index contributed by atoms with van der Waals surface area (Å²) in [5.74, 6) is -1.08. The van der Waals surface area contributed by atoms with Crippen LogP contribution in [-0.4, -0.2) is 68.5 Å². The van der Waals surface area contributed by atoms with E-state index in [1.165, 1.54) is 11.1 Å². The number of aryl methyl sites for hydroxylation is 3. The van der Waals surface area contributed by atoms with Crippen LogP contribution in [0.25, 0.3) is 11.0 Å². The average molecular weight is 518 g/mol. The Labute approximate surface area is 224 Å². The number of likely N-dealkylation sites (N-methyl/N-ethyl adjacent to an activating group) is 1. The molecule has 1 saturated heterocycles. The first-order valence-electron chi connectivity index (χ1n) is 13.4. The minimum Gasteiger partial charge on any atom is -0.481 e. The number of hydrogen-bond donors (Lipinski definition) is 1. The molecule has 1 fully saturated rings. The van der Waals surface area contributed by atoms with Crippen molar-refractivity contribution >= 4 is 22.9 Å². The fourth-order valence-corrected chi connectivity index (χ4v) is 6.73. The number of aliphatic carboxylic acids is 1. The minimum absolute atomic E-state index is 0.0155. The highest BCUT2D eigenvalue weighted by Crippen LogP contribution is 2.46. The summed E-state index contributed by atoms with van der Waals surface area (Å²) in [4.78, 5) is 29.7. The Balaban J connectivity index is 1.61. The van der Waals surface area contributed by atoms with Gasteiger partial charge in [0, 0.05) is 39.1 Å². The normalized spacial score (nSPS) is 21.0. The number of fused-ring (bicyclic) bond motifs is 2. The highest BCUT2D eigenvalue weighted by molar-refractivity contribution is 5.82. The lowest BCUT2D eigenvalue weighted by atomic mass is 9.69. The molecule has 8 heteroatoms. The Morgan fingerprint density at radius 3 is 2.61 bits per heavy atom. The van der Waals surface area contributed by atoms with Crippen LogP contribution in [0.5, 0.6) is 0 Å². The van der Waals surface area contributed by atoms with Crippen LogP contribution in [-0.2, 0) is 23.1 Å². The highest BCUT2D eigenvalue weighted by atomic mass is 16.4. The van der Waals surface area contributed by atoms with E-state index in [1.807, 2.05) is 38.1 Å². The molecule has 2 heterocycles. The maximum absolute atomic E-state index is 12.9. The molecule has 2 atom stereocenters. The van der Waals surface area contributed by atoms with Crippen LogP contribution in [0, 0.1) is 17.8 Å². The molecule has 38 heavy (non-hydrogen) atoms. The Kier molecular flexibility index (Phi) is 6.37. The Bertz CT molecular complexity index is 1420. The van der Waals surface area contributed by atoms with E-state index in [4.69, 9.17) is 0 Å². The molecule has 1 amide bonds. The van der Waals surface area contributed by atoms with E-state index in [2.05, 4.69) is 47.3 Å². The third kappa shape index (κ3) is 4.38. The second-order valence-corrected chi connectivity index (χ2v) is 12.7. The van der Waals surface area contributed by atoms with Gasteiger partial charge in [0.05, 0.1) is 17.5 Å². The summed E-state index contributed by atoms with van der Waals surface area (Å²) in [5, 5.41) is 18.9. The third-order valence-corrected chi connectivity index (χ3v) is 8.71. The van der Waals surface area contributed by atoms with Crippen molar-refractivity contribution in [1.82, 2.24) is 24.8 Å². The maximum atomic E-state index is 12.9. The smallest absolute Gasteiger partial charge is 0.310 e. The number of rotatable bonds is 5. The molecule has 1 N–H and O–H groups in total. The van der Waals surface area contributed by atoms with Gasteiger partial charge in [-0.2, -0.15) is 0 Å². The molecular formula is C30H39N5O3. The van der Waals surface area contributed by atoms with Crippen LogP contribution in [0.3, 0.4) is 0 Å². The number of nitrogens with zero attached hydrogens (tertiary/aromatic N) is 5. The van der Waals surface area contributed by atoms with Crippen molar-refractivity contribution in [2.24, 2.45) is 17.9 Å². The molecule has 1 aliphatic carbocycles. The number of benzene rings is 2. The van der Waals surface area contributed by atoms with Gasteiger partial charge in [-0.15, -0.1) is 5.10 Å². The maximum Gasteiger partial charge on any atom is 0.310 e. The molecule has 202 valence electrons. The summed E-state index contributed by atoms with van der Waals surface area (Å²) < 4.78 is 1.74. The molecule has 0 radical (unpaired) electrons. The van der Waals surface area contributed by atoms with Gasteiger partial charge in [0.1, 0.15) is 5.52 Å². The molecule has 2 aromatic carbocycles. The first kappa shape index (κ1) is 26.4. The second kappa shape index (κ2) is 9.19. The molecule has 1 aromatic heterocycles. The third-order valence-electron chi connectivity index (χ3n) is 8.71. The van der Waals surface area contributed by atoms with E-state index < -0.39 is 11.4 Å². The number of carbonyl (C=O) groups excluding carboxylic acids is 1. The van der Waals surface area contributed by atoms with Crippen LogP contribution < -0.4 is 0 Å². The Morgan fingerprint density at radius 1 is 1.16 bits per heavy atom. The number of amides is 1. The Hall–Kier alpha value is -3.26. The van der Waals surface area contributed by atoms with Gasteiger partial charge in [-0.1, -0.05) is 43.3 Å². The summed E-state index contributed by atoms with van der Waals surface area (Å²) in [5.41, 5.74) is 6.03. The highest BCUT2D eigenvalue weighted by Gasteiger charge is 2.42. The summed E-state index contributed by atoms with van der Waals surface area (Å²) >= 11 is 0. The van der Waals surface area contributed by atoms with E-state index >= 15 is 0 Å². The molecule has 0 bridgehead atoms. The zero-order valence-electron chi connectivity index (χ0n) is 23.6. The quantitative estimate of drug-likeness (QED) is 0.542. The predicted molar refractivity (Wildman–Crippen MR) is 147 cm³/mol. The Morgan fingerprint density at radius 2 is 1.89 bits per heavy atom. The molecule has 0 spiro atoms. The minimum atomic E-state index is -1.06. The molecule has 0 unspecified atom stereocenters. The monoisotopic (exact) mass is 517 g/mol. The van der Waals surface area contributed by atoms with E-state index in [1.54, 1.807) is 18.5 Å². The first-order chi connectivity index (χ1) is 17.8. The number of hydrogen-bond acceptors (Lipinski definition) is 5. The van der Waals surface area contributed by atoms with Crippen LogP contribution in [0.15, 0.2) is 30.3 Å². The van der Waals surface area contributed by atoms with Gasteiger partial charge >= 0.3 is 5.97 Å². The average Bonchev–Trinajstić information content (AvgIpc) is 3.40. The van der Waals surface area contributed by atoms with E-state index in [9.17, 15) is 14.7 Å². The summed E-state index contributed by atoms with van der Waals surface area (Å²) in [6.07, 6.45) is 1.92. The van der Waals surface area contributed by atoms with E-state index in [0.29, 0.717) is 6.54 Å². The van der Waals surface area contributed by atoms with Gasteiger partial charge in [0.25, 0.3) is 0 Å². The van der Waals surface area contributed by atoms with E-state index in [0.717, 1.165) is 53.7 Å². The molecule has 3 aromatic rings. The van der Waals surface area contributed by atoms with Crippen LogP contribution in [0.2, 0.25) is 0 Å². The predicted octanol–water partition coefficient (Wildman–Crippen LogP) is 4.31. The van der Waals surface area contributed by atoms with Crippen molar-refractivity contribution in [3.8, 4) is 0 Å². The summed E-state index contributed by atoms with van der Waals surface area (Å²) in [6, 6.07) is 10.6. The van der Waals surface area contributed by atoms with Gasteiger partial charge in [0.15, 0.2) is 0 Å². The standard InChI is InChI=1S/C30H39N5O3/c1-18-21(11-13-24-27(18)31-32-34(24)7)26(30(4,5)28(37)38)20-9-8-19-10-12-23(22(19)14-20)35-15-25(36)33(6)16-29(2,3)17-35/h8-9,11,13-14,23,26H,10,12,15-17H2,1-7H3,(H,37,38)/t23-,26-/m0/s1. The zero-order valence-corrected chi connectivity index (χ0v) is 23.6. The van der Waals surface area contributed by atoms with Crippen LogP contribution >= 0.6 is 0 Å². The number of aromatic nitrogens is 3. The number of carboxylic acids is 1. The van der Waals surface area contributed by atoms with Crippen molar-refractivity contribution in [3.63, 3.8) is 0 Å². The molecule has 0 saturated carbocycles. The summed E-state index contributed by atoms with van der Waals surface area (Å²) in [6.45, 7) is 12.0. The van der Waals surface area contributed by atoms with E-state index in [-0.39, 0.29) is 23.3 Å². The number of carbonyl (C=O) groups is 2. The lowest BCUT2D eigenvalue weighted by Gasteiger charge is -2.35. The second-order valence-electron chi connectivity index (χ2n) is 12.7. The first-order valence-corrected chi connectivity index (χ1v) is 13.4. The van der Waals surface area contributed by atoms with Gasteiger partial charge in [-0.3, -0.25) is 14.5 Å². The summed E-state index contributed by atoms with van der Waals surface area (Å²) in [7, 11) is 3.75. The van der Waals surface area contributed by atoms with Crippen molar-refractivity contribution in [3.05, 3.63) is 58.1 Å². The molecule has 8 nitrogen and oxygen atoms in total. The topological polar surface area (TPSA) is 91.6 Å². The van der Waals surface area contributed by atoms with Crippen LogP contribution in [0.1, 0.15) is 73.9 Å².